The minimum absolute atomic E-state index is 0.0239. The van der Waals surface area contributed by atoms with Crippen molar-refractivity contribution in [3.63, 3.8) is 0 Å². The molecule has 0 radical (unpaired) electrons. The van der Waals surface area contributed by atoms with Crippen LogP contribution in [0.5, 0.6) is 17.2 Å². The van der Waals surface area contributed by atoms with E-state index in [1.54, 1.807) is 13.1 Å². The zero-order chi connectivity index (χ0) is 13.6. The largest absolute Gasteiger partial charge is 0.507 e. The monoisotopic (exact) mass is 262 g/mol. The predicted octanol–water partition coefficient (Wildman–Crippen LogP) is 1.22. The number of phenols is 1. The van der Waals surface area contributed by atoms with Crippen molar-refractivity contribution in [2.24, 2.45) is 7.05 Å². The van der Waals surface area contributed by atoms with Gasteiger partial charge in [0.1, 0.15) is 5.75 Å². The molecule has 0 spiro atoms. The number of fused-ring (bicyclic) bond motifs is 1. The molecule has 0 saturated heterocycles. The highest BCUT2D eigenvalue weighted by molar-refractivity contribution is 5.88. The van der Waals surface area contributed by atoms with Gasteiger partial charge in [0.2, 0.25) is 6.79 Å². The second kappa shape index (κ2) is 3.91. The zero-order valence-electron chi connectivity index (χ0n) is 9.95. The first-order chi connectivity index (χ1) is 9.08. The van der Waals surface area contributed by atoms with E-state index >= 15 is 0 Å². The molecule has 0 aliphatic carbocycles. The van der Waals surface area contributed by atoms with E-state index in [0.29, 0.717) is 22.8 Å². The number of carboxylic acids is 1. The molecule has 1 aliphatic heterocycles. The Morgan fingerprint density at radius 3 is 2.89 bits per heavy atom. The third-order valence-corrected chi connectivity index (χ3v) is 2.87. The van der Waals surface area contributed by atoms with E-state index in [4.69, 9.17) is 14.6 Å². The number of aromatic nitrogens is 2. The lowest BCUT2D eigenvalue weighted by atomic mass is 10.1. The van der Waals surface area contributed by atoms with Crippen molar-refractivity contribution < 1.29 is 24.5 Å². The summed E-state index contributed by atoms with van der Waals surface area (Å²) >= 11 is 0. The fourth-order valence-electron chi connectivity index (χ4n) is 2.02. The molecule has 0 atom stereocenters. The molecule has 1 aromatic carbocycles. The molecule has 0 unspecified atom stereocenters. The molecule has 2 N–H and O–H groups in total. The maximum atomic E-state index is 10.9. The standard InChI is InChI=1S/C12H10N2O5/c1-14-7(4-6(13-14)12(16)17)10-8(15)2-3-9-11(10)19-5-18-9/h2-4,15H,5H2,1H3,(H,16,17). The van der Waals surface area contributed by atoms with Crippen LogP contribution in [0.25, 0.3) is 11.3 Å². The molecule has 0 saturated carbocycles. The molecule has 19 heavy (non-hydrogen) atoms. The quantitative estimate of drug-likeness (QED) is 0.845. The Balaban J connectivity index is 2.22. The van der Waals surface area contributed by atoms with Crippen molar-refractivity contribution in [2.75, 3.05) is 6.79 Å². The third kappa shape index (κ3) is 1.67. The van der Waals surface area contributed by atoms with Crippen molar-refractivity contribution in [2.45, 2.75) is 0 Å². The van der Waals surface area contributed by atoms with E-state index < -0.39 is 5.97 Å². The molecular weight excluding hydrogens is 252 g/mol. The van der Waals surface area contributed by atoms with Gasteiger partial charge in [-0.3, -0.25) is 4.68 Å². The Labute approximate surface area is 107 Å². The molecule has 1 aromatic heterocycles. The van der Waals surface area contributed by atoms with Crippen LogP contribution < -0.4 is 9.47 Å². The van der Waals surface area contributed by atoms with Crippen LogP contribution in [-0.4, -0.2) is 32.8 Å². The first-order valence-electron chi connectivity index (χ1n) is 5.47. The summed E-state index contributed by atoms with van der Waals surface area (Å²) in [5.41, 5.74) is 0.711. The van der Waals surface area contributed by atoms with Gasteiger partial charge >= 0.3 is 5.97 Å². The predicted molar refractivity (Wildman–Crippen MR) is 63.4 cm³/mol. The van der Waals surface area contributed by atoms with E-state index in [2.05, 4.69) is 5.10 Å². The van der Waals surface area contributed by atoms with Crippen LogP contribution >= 0.6 is 0 Å². The van der Waals surface area contributed by atoms with Crippen molar-refractivity contribution >= 4 is 5.97 Å². The number of carboxylic acid groups (broad SMARTS) is 1. The minimum Gasteiger partial charge on any atom is -0.507 e. The van der Waals surface area contributed by atoms with Gasteiger partial charge in [0.25, 0.3) is 0 Å². The number of rotatable bonds is 2. The number of carbonyl (C=O) groups is 1. The van der Waals surface area contributed by atoms with Crippen molar-refractivity contribution in [3.05, 3.63) is 23.9 Å². The number of hydrogen-bond donors (Lipinski definition) is 2. The SMILES string of the molecule is Cn1nc(C(=O)O)cc1-c1c(O)ccc2c1OCO2. The highest BCUT2D eigenvalue weighted by atomic mass is 16.7. The van der Waals surface area contributed by atoms with Crippen molar-refractivity contribution in [1.82, 2.24) is 9.78 Å². The van der Waals surface area contributed by atoms with Gasteiger partial charge in [0, 0.05) is 7.05 Å². The van der Waals surface area contributed by atoms with Gasteiger partial charge in [0.05, 0.1) is 11.3 Å². The number of nitrogens with zero attached hydrogens (tertiary/aromatic N) is 2. The summed E-state index contributed by atoms with van der Waals surface area (Å²) in [6, 6.07) is 4.44. The van der Waals surface area contributed by atoms with E-state index in [1.807, 2.05) is 0 Å². The van der Waals surface area contributed by atoms with Gasteiger partial charge in [-0.25, -0.2) is 4.79 Å². The number of hydrogen-bond acceptors (Lipinski definition) is 5. The summed E-state index contributed by atoms with van der Waals surface area (Å²) < 4.78 is 11.9. The molecule has 7 nitrogen and oxygen atoms in total. The lowest BCUT2D eigenvalue weighted by molar-refractivity contribution is 0.0689. The fraction of sp³-hybridized carbons (Fsp3) is 0.167. The second-order valence-corrected chi connectivity index (χ2v) is 4.04. The second-order valence-electron chi connectivity index (χ2n) is 4.04. The van der Waals surface area contributed by atoms with Crippen LogP contribution in [0.1, 0.15) is 10.5 Å². The summed E-state index contributed by atoms with van der Waals surface area (Å²) in [4.78, 5) is 10.9. The maximum absolute atomic E-state index is 10.9. The number of benzene rings is 1. The van der Waals surface area contributed by atoms with Crippen LogP contribution in [-0.2, 0) is 7.05 Å². The minimum atomic E-state index is -1.13. The topological polar surface area (TPSA) is 93.8 Å². The molecule has 2 heterocycles. The number of phenolic OH excluding ortho intramolecular Hbond substituents is 1. The van der Waals surface area contributed by atoms with Gasteiger partial charge in [-0.1, -0.05) is 0 Å². The molecule has 0 fully saturated rings. The maximum Gasteiger partial charge on any atom is 0.356 e. The van der Waals surface area contributed by atoms with Crippen molar-refractivity contribution in [1.29, 1.82) is 0 Å². The smallest absolute Gasteiger partial charge is 0.356 e. The van der Waals surface area contributed by atoms with Crippen LogP contribution in [0.4, 0.5) is 0 Å². The molecule has 98 valence electrons. The molecule has 2 aromatic rings. The Kier molecular flexibility index (Phi) is 2.34. The van der Waals surface area contributed by atoms with E-state index in [-0.39, 0.29) is 18.2 Å². The van der Waals surface area contributed by atoms with Crippen LogP contribution in [0.15, 0.2) is 18.2 Å². The van der Waals surface area contributed by atoms with Crippen LogP contribution in [0.3, 0.4) is 0 Å². The van der Waals surface area contributed by atoms with Gasteiger partial charge < -0.3 is 19.7 Å². The molecule has 7 heteroatoms. The Morgan fingerprint density at radius 2 is 2.21 bits per heavy atom. The fourth-order valence-corrected chi connectivity index (χ4v) is 2.02. The molecule has 0 bridgehead atoms. The van der Waals surface area contributed by atoms with Gasteiger partial charge in [-0.2, -0.15) is 5.10 Å². The highest BCUT2D eigenvalue weighted by Gasteiger charge is 2.25. The first-order valence-corrected chi connectivity index (χ1v) is 5.47. The number of ether oxygens (including phenoxy) is 2. The van der Waals surface area contributed by atoms with E-state index in [0.717, 1.165) is 0 Å². The molecular formula is C12H10N2O5. The third-order valence-electron chi connectivity index (χ3n) is 2.87. The van der Waals surface area contributed by atoms with E-state index in [9.17, 15) is 9.90 Å². The normalized spacial score (nSPS) is 12.7. The Bertz CT molecular complexity index is 677. The Hall–Kier alpha value is -2.70. The molecule has 3 rings (SSSR count). The molecule has 1 aliphatic rings. The van der Waals surface area contributed by atoms with Crippen molar-refractivity contribution in [3.8, 4) is 28.5 Å². The lowest BCUT2D eigenvalue weighted by Gasteiger charge is -2.08. The van der Waals surface area contributed by atoms with Gasteiger partial charge in [-0.05, 0) is 18.2 Å². The summed E-state index contributed by atoms with van der Waals surface area (Å²) in [6.45, 7) is 0.0649. The molecule has 0 amide bonds. The summed E-state index contributed by atoms with van der Waals surface area (Å²) in [5, 5.41) is 22.8. The lowest BCUT2D eigenvalue weighted by Crippen LogP contribution is -1.99. The number of aromatic carboxylic acids is 1. The highest BCUT2D eigenvalue weighted by Crippen LogP contribution is 2.46. The average molecular weight is 262 g/mol. The van der Waals surface area contributed by atoms with Crippen LogP contribution in [0, 0.1) is 0 Å². The van der Waals surface area contributed by atoms with Gasteiger partial charge in [0.15, 0.2) is 17.2 Å². The first kappa shape index (κ1) is 11.4. The van der Waals surface area contributed by atoms with Crippen LogP contribution in [0.2, 0.25) is 0 Å². The average Bonchev–Trinajstić information content (AvgIpc) is 2.96. The number of aryl methyl sites for hydroxylation is 1. The summed E-state index contributed by atoms with van der Waals surface area (Å²) in [7, 11) is 1.59. The van der Waals surface area contributed by atoms with Gasteiger partial charge in [-0.15, -0.1) is 0 Å². The summed E-state index contributed by atoms with van der Waals surface area (Å²) in [6.07, 6.45) is 0. The zero-order valence-corrected chi connectivity index (χ0v) is 9.95. The Morgan fingerprint density at radius 1 is 1.42 bits per heavy atom. The van der Waals surface area contributed by atoms with E-state index in [1.165, 1.54) is 16.8 Å². The summed E-state index contributed by atoms with van der Waals surface area (Å²) in [5.74, 6) is -0.263. The number of aromatic hydroxyl groups is 1.